The van der Waals surface area contributed by atoms with E-state index < -0.39 is 0 Å². The van der Waals surface area contributed by atoms with E-state index in [1.54, 1.807) is 7.11 Å². The second-order valence-corrected chi connectivity index (χ2v) is 2.57. The molecule has 0 fully saturated rings. The first kappa shape index (κ1) is 6.64. The summed E-state index contributed by atoms with van der Waals surface area (Å²) >= 11 is 0. The summed E-state index contributed by atoms with van der Waals surface area (Å²) in [6.07, 6.45) is 10.3. The fraction of sp³-hybridized carbons (Fsp3) is 0.250. The van der Waals surface area contributed by atoms with Crippen molar-refractivity contribution in [3.63, 3.8) is 0 Å². The van der Waals surface area contributed by atoms with Gasteiger partial charge in [0.1, 0.15) is 6.20 Å². The van der Waals surface area contributed by atoms with Crippen molar-refractivity contribution in [3.05, 3.63) is 36.2 Å². The standard InChI is InChI=1S/C8H10N2O/c1-11-10-6-2-3-7-4-5-9-8(7)10/h2-6,8-9H,1H3/p+1. The number of hydroxylamine groups is 2. The molecule has 2 N–H and O–H groups in total. The zero-order valence-corrected chi connectivity index (χ0v) is 6.37. The third-order valence-corrected chi connectivity index (χ3v) is 1.94. The van der Waals surface area contributed by atoms with Gasteiger partial charge in [-0.15, -0.1) is 5.06 Å². The van der Waals surface area contributed by atoms with E-state index in [4.69, 9.17) is 4.84 Å². The van der Waals surface area contributed by atoms with Gasteiger partial charge in [-0.1, -0.05) is 0 Å². The Balaban J connectivity index is 2.23. The summed E-state index contributed by atoms with van der Waals surface area (Å²) in [6.45, 7) is 0. The Morgan fingerprint density at radius 2 is 2.55 bits per heavy atom. The molecule has 0 amide bonds. The molecule has 3 nitrogen and oxygen atoms in total. The molecule has 2 rings (SSSR count). The Morgan fingerprint density at radius 1 is 1.64 bits per heavy atom. The van der Waals surface area contributed by atoms with E-state index in [0.717, 1.165) is 5.06 Å². The quantitative estimate of drug-likeness (QED) is 0.519. The van der Waals surface area contributed by atoms with Crippen LogP contribution in [0.3, 0.4) is 0 Å². The van der Waals surface area contributed by atoms with E-state index in [1.165, 1.54) is 5.57 Å². The molecule has 0 aromatic heterocycles. The van der Waals surface area contributed by atoms with Crippen LogP contribution in [0.4, 0.5) is 0 Å². The van der Waals surface area contributed by atoms with Crippen molar-refractivity contribution in [2.24, 2.45) is 0 Å². The SMILES string of the molecule is CO[NH+]1C=CC=C2C=CNC21. The molecule has 0 aromatic rings. The minimum Gasteiger partial charge on any atom is -0.336 e. The van der Waals surface area contributed by atoms with Gasteiger partial charge in [-0.3, -0.25) is 0 Å². The van der Waals surface area contributed by atoms with Gasteiger partial charge in [0.15, 0.2) is 0 Å². The molecule has 2 unspecified atom stereocenters. The summed E-state index contributed by atoms with van der Waals surface area (Å²) in [5.41, 5.74) is 1.27. The van der Waals surface area contributed by atoms with E-state index in [0.29, 0.717) is 0 Å². The Hall–Kier alpha value is -1.06. The first-order valence-electron chi connectivity index (χ1n) is 3.63. The van der Waals surface area contributed by atoms with E-state index in [2.05, 4.69) is 17.5 Å². The molecule has 2 heterocycles. The summed E-state index contributed by atoms with van der Waals surface area (Å²) in [5, 5.41) is 4.18. The van der Waals surface area contributed by atoms with Gasteiger partial charge >= 0.3 is 0 Å². The third kappa shape index (κ3) is 0.982. The minimum atomic E-state index is 0.255. The van der Waals surface area contributed by atoms with Crippen molar-refractivity contribution in [1.29, 1.82) is 0 Å². The molecular weight excluding hydrogens is 140 g/mol. The molecule has 2 aliphatic heterocycles. The van der Waals surface area contributed by atoms with Crippen LogP contribution in [0.15, 0.2) is 36.2 Å². The van der Waals surface area contributed by atoms with Gasteiger partial charge in [-0.25, -0.2) is 4.84 Å². The lowest BCUT2D eigenvalue weighted by Crippen LogP contribution is -3.12. The fourth-order valence-corrected chi connectivity index (χ4v) is 1.37. The van der Waals surface area contributed by atoms with E-state index in [1.807, 2.05) is 18.5 Å². The Bertz CT molecular complexity index is 242. The topological polar surface area (TPSA) is 25.7 Å². The molecule has 58 valence electrons. The highest BCUT2D eigenvalue weighted by molar-refractivity contribution is 5.32. The Kier molecular flexibility index (Phi) is 1.52. The summed E-state index contributed by atoms with van der Waals surface area (Å²) in [4.78, 5) is 5.19. The van der Waals surface area contributed by atoms with E-state index >= 15 is 0 Å². The highest BCUT2D eigenvalue weighted by Crippen LogP contribution is 2.08. The lowest BCUT2D eigenvalue weighted by atomic mass is 10.2. The number of hydrogen-bond acceptors (Lipinski definition) is 2. The maximum Gasteiger partial charge on any atom is 0.221 e. The normalized spacial score (nSPS) is 33.0. The summed E-state index contributed by atoms with van der Waals surface area (Å²) in [7, 11) is 1.70. The predicted octanol–water partition coefficient (Wildman–Crippen LogP) is -0.671. The zero-order chi connectivity index (χ0) is 7.68. The van der Waals surface area contributed by atoms with Crippen molar-refractivity contribution in [3.8, 4) is 0 Å². The first-order chi connectivity index (χ1) is 5.42. The molecule has 2 atom stereocenters. The van der Waals surface area contributed by atoms with Gasteiger partial charge < -0.3 is 5.32 Å². The first-order valence-corrected chi connectivity index (χ1v) is 3.63. The van der Waals surface area contributed by atoms with Gasteiger partial charge in [0.25, 0.3) is 0 Å². The minimum absolute atomic E-state index is 0.255. The molecule has 0 saturated carbocycles. The molecule has 0 radical (unpaired) electrons. The van der Waals surface area contributed by atoms with Crippen LogP contribution < -0.4 is 10.4 Å². The van der Waals surface area contributed by atoms with Crippen LogP contribution in [0.2, 0.25) is 0 Å². The van der Waals surface area contributed by atoms with Crippen molar-refractivity contribution in [2.45, 2.75) is 6.17 Å². The van der Waals surface area contributed by atoms with Crippen molar-refractivity contribution >= 4 is 0 Å². The van der Waals surface area contributed by atoms with Crippen LogP contribution in [0.5, 0.6) is 0 Å². The molecule has 0 bridgehead atoms. The van der Waals surface area contributed by atoms with Gasteiger partial charge in [-0.2, -0.15) is 0 Å². The van der Waals surface area contributed by atoms with Gasteiger partial charge in [-0.05, 0) is 18.2 Å². The maximum absolute atomic E-state index is 5.19. The largest absolute Gasteiger partial charge is 0.336 e. The number of allylic oxidation sites excluding steroid dienone is 2. The molecule has 0 spiro atoms. The highest BCUT2D eigenvalue weighted by atomic mass is 16.7. The number of hydrogen-bond donors (Lipinski definition) is 2. The zero-order valence-electron chi connectivity index (χ0n) is 6.37. The fourth-order valence-electron chi connectivity index (χ4n) is 1.37. The third-order valence-electron chi connectivity index (χ3n) is 1.94. The van der Waals surface area contributed by atoms with Gasteiger partial charge in [0.2, 0.25) is 6.17 Å². The molecule has 0 saturated heterocycles. The van der Waals surface area contributed by atoms with Crippen LogP contribution in [0.1, 0.15) is 0 Å². The smallest absolute Gasteiger partial charge is 0.221 e. The summed E-state index contributed by atoms with van der Waals surface area (Å²) in [5.74, 6) is 0. The van der Waals surface area contributed by atoms with Gasteiger partial charge in [0, 0.05) is 11.8 Å². The van der Waals surface area contributed by atoms with Crippen LogP contribution in [-0.4, -0.2) is 13.3 Å². The molecule has 0 aliphatic carbocycles. The molecule has 11 heavy (non-hydrogen) atoms. The van der Waals surface area contributed by atoms with E-state index in [-0.39, 0.29) is 6.17 Å². The summed E-state index contributed by atoms with van der Waals surface area (Å²) in [6, 6.07) is 0. The van der Waals surface area contributed by atoms with Crippen LogP contribution in [0, 0.1) is 0 Å². The van der Waals surface area contributed by atoms with E-state index in [9.17, 15) is 0 Å². The average molecular weight is 151 g/mol. The van der Waals surface area contributed by atoms with Crippen molar-refractivity contribution in [2.75, 3.05) is 7.11 Å². The Morgan fingerprint density at radius 3 is 3.36 bits per heavy atom. The van der Waals surface area contributed by atoms with Crippen molar-refractivity contribution < 1.29 is 9.90 Å². The molecular formula is C8H11N2O+. The number of nitrogens with one attached hydrogen (secondary N) is 2. The number of fused-ring (bicyclic) bond motifs is 1. The maximum atomic E-state index is 5.19. The van der Waals surface area contributed by atoms with Crippen molar-refractivity contribution in [1.82, 2.24) is 5.32 Å². The second-order valence-electron chi connectivity index (χ2n) is 2.57. The molecule has 0 aromatic carbocycles. The highest BCUT2D eigenvalue weighted by Gasteiger charge is 2.27. The lowest BCUT2D eigenvalue weighted by Gasteiger charge is -2.21. The second kappa shape index (κ2) is 2.53. The van der Waals surface area contributed by atoms with Gasteiger partial charge in [0.05, 0.1) is 7.11 Å². The predicted molar refractivity (Wildman–Crippen MR) is 41.3 cm³/mol. The van der Waals surface area contributed by atoms with Crippen LogP contribution >= 0.6 is 0 Å². The Labute approximate surface area is 65.6 Å². The van der Waals surface area contributed by atoms with Crippen LogP contribution in [-0.2, 0) is 4.84 Å². The molecule has 3 heteroatoms. The summed E-state index contributed by atoms with van der Waals surface area (Å²) < 4.78 is 0. The number of quaternary nitrogens is 1. The van der Waals surface area contributed by atoms with Crippen LogP contribution in [0.25, 0.3) is 0 Å². The lowest BCUT2D eigenvalue weighted by molar-refractivity contribution is -1.06. The average Bonchev–Trinajstić information content (AvgIpc) is 2.50. The number of rotatable bonds is 1. The monoisotopic (exact) mass is 151 g/mol. The molecule has 2 aliphatic rings.